The second-order valence-electron chi connectivity index (χ2n) is 3.62. The molecule has 15 heavy (non-hydrogen) atoms. The largest absolute Gasteiger partial charge is 0.284 e. The number of carbonyl (C=O) groups excluding carboxylic acids is 1. The van der Waals surface area contributed by atoms with E-state index in [4.69, 9.17) is 0 Å². The molecule has 0 amide bonds. The summed E-state index contributed by atoms with van der Waals surface area (Å²) < 4.78 is 11.6. The van der Waals surface area contributed by atoms with Crippen LogP contribution in [0.1, 0.15) is 5.56 Å². The van der Waals surface area contributed by atoms with Gasteiger partial charge < -0.3 is 0 Å². The lowest BCUT2D eigenvalue weighted by molar-refractivity contribution is -0.110. The van der Waals surface area contributed by atoms with Gasteiger partial charge in [0.05, 0.1) is 4.90 Å². The van der Waals surface area contributed by atoms with Crippen molar-refractivity contribution < 1.29 is 9.00 Å². The molecule has 2 aromatic rings. The first-order valence-electron chi connectivity index (χ1n) is 4.72. The predicted octanol–water partition coefficient (Wildman–Crippen LogP) is 2.03. The monoisotopic (exact) mass is 216 g/mol. The second kappa shape index (κ2) is 3.00. The molecule has 3 heteroatoms. The average molecular weight is 216 g/mol. The van der Waals surface area contributed by atoms with Crippen molar-refractivity contribution in [1.29, 1.82) is 0 Å². The molecule has 1 atom stereocenters. The van der Waals surface area contributed by atoms with E-state index in [9.17, 15) is 9.00 Å². The Balaban J connectivity index is 2.36. The summed E-state index contributed by atoms with van der Waals surface area (Å²) in [4.78, 5) is 12.0. The van der Waals surface area contributed by atoms with E-state index in [1.807, 2.05) is 36.4 Å². The van der Waals surface area contributed by atoms with Gasteiger partial charge in [0.2, 0.25) is 5.12 Å². The van der Waals surface area contributed by atoms with Crippen molar-refractivity contribution >= 4 is 26.7 Å². The topological polar surface area (TPSA) is 34.1 Å². The molecule has 0 N–H and O–H groups in total. The minimum atomic E-state index is -1.44. The van der Waals surface area contributed by atoms with E-state index < -0.39 is 10.8 Å². The Bertz CT molecular complexity index is 602. The van der Waals surface area contributed by atoms with Crippen molar-refractivity contribution in [2.75, 3.05) is 0 Å². The standard InChI is InChI=1S/C12H8O2S/c13-12-7-10-5-8-3-1-2-4-9(8)6-11(10)15(12)14/h1-6H,7H2. The third-order valence-electron chi connectivity index (χ3n) is 2.67. The molecule has 1 heterocycles. The molecular weight excluding hydrogens is 208 g/mol. The summed E-state index contributed by atoms with van der Waals surface area (Å²) in [5, 5.41) is 1.96. The van der Waals surface area contributed by atoms with Gasteiger partial charge in [-0.25, -0.2) is 4.21 Å². The van der Waals surface area contributed by atoms with Crippen LogP contribution in [0.25, 0.3) is 10.8 Å². The van der Waals surface area contributed by atoms with Crippen molar-refractivity contribution in [2.24, 2.45) is 0 Å². The van der Waals surface area contributed by atoms with Crippen molar-refractivity contribution in [1.82, 2.24) is 0 Å². The van der Waals surface area contributed by atoms with E-state index in [1.54, 1.807) is 0 Å². The van der Waals surface area contributed by atoms with E-state index in [0.717, 1.165) is 16.3 Å². The zero-order chi connectivity index (χ0) is 10.4. The number of fused-ring (bicyclic) bond motifs is 2. The van der Waals surface area contributed by atoms with Crippen molar-refractivity contribution in [2.45, 2.75) is 11.3 Å². The lowest BCUT2D eigenvalue weighted by Crippen LogP contribution is -1.98. The summed E-state index contributed by atoms with van der Waals surface area (Å²) in [5.41, 5.74) is 0.914. The van der Waals surface area contributed by atoms with Crippen molar-refractivity contribution in [3.63, 3.8) is 0 Å². The van der Waals surface area contributed by atoms with Gasteiger partial charge in [0, 0.05) is 6.42 Å². The average Bonchev–Trinajstić information content (AvgIpc) is 2.52. The Morgan fingerprint density at radius 3 is 2.47 bits per heavy atom. The molecule has 2 aromatic carbocycles. The molecule has 0 radical (unpaired) electrons. The minimum Gasteiger partial charge on any atom is -0.284 e. The van der Waals surface area contributed by atoms with Gasteiger partial charge in [0.1, 0.15) is 10.8 Å². The lowest BCUT2D eigenvalue weighted by atomic mass is 10.1. The van der Waals surface area contributed by atoms with Gasteiger partial charge in [-0.15, -0.1) is 0 Å². The summed E-state index contributed by atoms with van der Waals surface area (Å²) in [6.07, 6.45) is 0.312. The van der Waals surface area contributed by atoms with Gasteiger partial charge in [-0.2, -0.15) is 0 Å². The molecule has 0 aromatic heterocycles. The summed E-state index contributed by atoms with van der Waals surface area (Å²) in [6, 6.07) is 11.7. The molecule has 1 aliphatic heterocycles. The number of carbonyl (C=O) groups is 1. The van der Waals surface area contributed by atoms with Gasteiger partial charge >= 0.3 is 0 Å². The van der Waals surface area contributed by atoms with Crippen LogP contribution in [0.2, 0.25) is 0 Å². The normalized spacial score (nSPS) is 19.5. The molecular formula is C12H8O2S. The van der Waals surface area contributed by atoms with Crippen LogP contribution >= 0.6 is 0 Å². The van der Waals surface area contributed by atoms with Crippen molar-refractivity contribution in [3.8, 4) is 0 Å². The number of rotatable bonds is 0. The van der Waals surface area contributed by atoms with Gasteiger partial charge in [-0.1, -0.05) is 24.3 Å². The zero-order valence-corrected chi connectivity index (χ0v) is 8.71. The summed E-state index contributed by atoms with van der Waals surface area (Å²) >= 11 is 0. The van der Waals surface area contributed by atoms with Gasteiger partial charge in [0.25, 0.3) is 0 Å². The molecule has 0 bridgehead atoms. The second-order valence-corrected chi connectivity index (χ2v) is 5.06. The maximum atomic E-state index is 11.6. The fraction of sp³-hybridized carbons (Fsp3) is 0.0833. The van der Waals surface area contributed by atoms with E-state index in [1.165, 1.54) is 0 Å². The summed E-state index contributed by atoms with van der Waals surface area (Å²) in [6.45, 7) is 0. The van der Waals surface area contributed by atoms with E-state index in [2.05, 4.69) is 0 Å². The highest BCUT2D eigenvalue weighted by Gasteiger charge is 2.26. The molecule has 0 spiro atoms. The first-order valence-corrected chi connectivity index (χ1v) is 5.87. The van der Waals surface area contributed by atoms with Crippen LogP contribution in [0.3, 0.4) is 0 Å². The van der Waals surface area contributed by atoms with E-state index in [0.29, 0.717) is 11.3 Å². The molecule has 1 aliphatic rings. The Labute approximate surface area is 89.4 Å². The number of hydrogen-bond acceptors (Lipinski definition) is 2. The number of benzene rings is 2. The SMILES string of the molecule is O=C1Cc2cc3ccccc3cc2S1=O. The first-order chi connectivity index (χ1) is 7.25. The predicted molar refractivity (Wildman–Crippen MR) is 59.1 cm³/mol. The summed E-state index contributed by atoms with van der Waals surface area (Å²) in [5.74, 6) is 0. The molecule has 0 aliphatic carbocycles. The van der Waals surface area contributed by atoms with Crippen LogP contribution in [0.15, 0.2) is 41.3 Å². The Morgan fingerprint density at radius 2 is 1.73 bits per heavy atom. The molecule has 3 rings (SSSR count). The van der Waals surface area contributed by atoms with Crippen LogP contribution in [0.4, 0.5) is 0 Å². The first kappa shape index (κ1) is 8.80. The molecule has 74 valence electrons. The Kier molecular flexibility index (Phi) is 1.76. The van der Waals surface area contributed by atoms with Crippen LogP contribution < -0.4 is 0 Å². The third kappa shape index (κ3) is 1.23. The molecule has 2 nitrogen and oxygen atoms in total. The van der Waals surface area contributed by atoms with Crippen LogP contribution in [0.5, 0.6) is 0 Å². The van der Waals surface area contributed by atoms with Crippen LogP contribution in [0, 0.1) is 0 Å². The maximum absolute atomic E-state index is 11.6. The Morgan fingerprint density at radius 1 is 1.07 bits per heavy atom. The van der Waals surface area contributed by atoms with Gasteiger partial charge in [0.15, 0.2) is 0 Å². The smallest absolute Gasteiger partial charge is 0.228 e. The molecule has 0 saturated heterocycles. The fourth-order valence-electron chi connectivity index (χ4n) is 1.92. The highest BCUT2D eigenvalue weighted by atomic mass is 32.2. The lowest BCUT2D eigenvalue weighted by Gasteiger charge is -2.00. The highest BCUT2D eigenvalue weighted by molar-refractivity contribution is 8.00. The fourth-order valence-corrected chi connectivity index (χ4v) is 3.06. The number of hydrogen-bond donors (Lipinski definition) is 0. The quantitative estimate of drug-likeness (QED) is 0.675. The van der Waals surface area contributed by atoms with Crippen LogP contribution in [-0.2, 0) is 22.0 Å². The minimum absolute atomic E-state index is 0.180. The zero-order valence-electron chi connectivity index (χ0n) is 7.90. The van der Waals surface area contributed by atoms with Gasteiger partial charge in [-0.05, 0) is 28.5 Å². The molecule has 0 fully saturated rings. The van der Waals surface area contributed by atoms with Crippen LogP contribution in [-0.4, -0.2) is 9.32 Å². The molecule has 1 unspecified atom stereocenters. The third-order valence-corrected chi connectivity index (χ3v) is 4.01. The maximum Gasteiger partial charge on any atom is 0.228 e. The van der Waals surface area contributed by atoms with Crippen molar-refractivity contribution in [3.05, 3.63) is 42.0 Å². The van der Waals surface area contributed by atoms with E-state index >= 15 is 0 Å². The summed E-state index contributed by atoms with van der Waals surface area (Å²) in [7, 11) is -1.44. The highest BCUT2D eigenvalue weighted by Crippen LogP contribution is 2.28. The van der Waals surface area contributed by atoms with E-state index in [-0.39, 0.29) is 5.12 Å². The van der Waals surface area contributed by atoms with Gasteiger partial charge in [-0.3, -0.25) is 4.79 Å². The Hall–Kier alpha value is -1.48. The molecule has 0 saturated carbocycles.